The molecule has 0 aliphatic heterocycles. The predicted octanol–water partition coefficient (Wildman–Crippen LogP) is 0.915. The molecule has 0 bridgehead atoms. The number of nitrogens with zero attached hydrogens (tertiary/aromatic N) is 2. The van der Waals surface area contributed by atoms with E-state index in [9.17, 15) is 13.8 Å². The number of amidine groups is 2. The van der Waals surface area contributed by atoms with Crippen LogP contribution in [0.2, 0.25) is 5.02 Å². The van der Waals surface area contributed by atoms with E-state index in [1.54, 1.807) is 5.48 Å². The first-order chi connectivity index (χ1) is 12.3. The number of halogens is 2. The molecule has 1 fully saturated rings. The van der Waals surface area contributed by atoms with Gasteiger partial charge < -0.3 is 5.73 Å². The highest BCUT2D eigenvalue weighted by atomic mass is 35.5. The second-order valence-electron chi connectivity index (χ2n) is 5.74. The average Bonchev–Trinajstić information content (AvgIpc) is 3.33. The Morgan fingerprint density at radius 2 is 2.19 bits per heavy atom. The van der Waals surface area contributed by atoms with Gasteiger partial charge in [-0.3, -0.25) is 21.1 Å². The molecule has 0 aromatic heterocycles. The largest absolute Gasteiger partial charge is 0.382 e. The minimum absolute atomic E-state index is 0.142. The molecule has 1 unspecified atom stereocenters. The van der Waals surface area contributed by atoms with Crippen LogP contribution in [0.25, 0.3) is 0 Å². The van der Waals surface area contributed by atoms with E-state index in [2.05, 4.69) is 14.7 Å². The van der Waals surface area contributed by atoms with Gasteiger partial charge in [-0.25, -0.2) is 23.5 Å². The summed E-state index contributed by atoms with van der Waals surface area (Å²) >= 11 is 4.07. The third-order valence-corrected chi connectivity index (χ3v) is 4.71. The smallest absolute Gasteiger partial charge is 0.179 e. The monoisotopic (exact) mass is 403 g/mol. The van der Waals surface area contributed by atoms with Crippen molar-refractivity contribution < 1.29 is 13.8 Å². The van der Waals surface area contributed by atoms with Crippen molar-refractivity contribution in [3.63, 3.8) is 0 Å². The van der Waals surface area contributed by atoms with Crippen LogP contribution in [0.15, 0.2) is 28.2 Å². The zero-order chi connectivity index (χ0) is 19.3. The maximum absolute atomic E-state index is 13.2. The summed E-state index contributed by atoms with van der Waals surface area (Å²) in [4.78, 5) is 8.03. The molecular weight excluding hydrogens is 385 g/mol. The molecule has 0 radical (unpaired) electrons. The molecule has 1 atom stereocenters. The lowest BCUT2D eigenvalue weighted by Crippen LogP contribution is -2.39. The van der Waals surface area contributed by atoms with Gasteiger partial charge in [-0.2, -0.15) is 0 Å². The van der Waals surface area contributed by atoms with Crippen LogP contribution in [0.1, 0.15) is 19.3 Å². The number of benzene rings is 1. The van der Waals surface area contributed by atoms with Crippen LogP contribution in [0, 0.1) is 11.2 Å². The summed E-state index contributed by atoms with van der Waals surface area (Å²) in [6.07, 6.45) is 2.22. The van der Waals surface area contributed by atoms with Gasteiger partial charge in [-0.1, -0.05) is 11.6 Å². The minimum atomic E-state index is -1.60. The number of hydroxylamine groups is 1. The third kappa shape index (κ3) is 5.54. The molecule has 1 aliphatic carbocycles. The van der Waals surface area contributed by atoms with Crippen molar-refractivity contribution in [2.75, 3.05) is 6.54 Å². The zero-order valence-corrected chi connectivity index (χ0v) is 15.2. The molecule has 1 aromatic carbocycles. The van der Waals surface area contributed by atoms with Crippen molar-refractivity contribution in [1.82, 2.24) is 10.2 Å². The summed E-state index contributed by atoms with van der Waals surface area (Å²) in [6, 6.07) is 3.68. The Hall–Kier alpha value is -1.92. The maximum Gasteiger partial charge on any atom is 0.179 e. The number of hydrogen-bond donors (Lipinski definition) is 6. The first-order valence-corrected chi connectivity index (χ1v) is 9.12. The van der Waals surface area contributed by atoms with Crippen LogP contribution >= 0.6 is 11.6 Å². The van der Waals surface area contributed by atoms with Gasteiger partial charge in [0, 0.05) is 12.1 Å². The standard InChI is InChI=1S/C14H19ClFN7O2S/c15-9-7-8(1-2-10(9)16)21-13(22-24)11(17)12(18)20-6-5-14(3-4-14)23-26(19)25/h1-2,7,17,23-24H,3-6,19H2,(H2,18,20)(H,21,22). The van der Waals surface area contributed by atoms with Crippen molar-refractivity contribution in [3.05, 3.63) is 29.0 Å². The molecule has 0 spiro atoms. The molecule has 1 aliphatic rings. The molecule has 142 valence electrons. The maximum atomic E-state index is 13.2. The van der Waals surface area contributed by atoms with Gasteiger partial charge in [0.2, 0.25) is 0 Å². The number of aliphatic imine (C=N–C) groups is 2. The number of rotatable bonds is 8. The molecule has 0 saturated heterocycles. The second kappa shape index (κ2) is 8.64. The van der Waals surface area contributed by atoms with Crippen LogP contribution in [0.5, 0.6) is 0 Å². The van der Waals surface area contributed by atoms with Crippen LogP contribution < -0.4 is 21.1 Å². The quantitative estimate of drug-likeness (QED) is 0.216. The summed E-state index contributed by atoms with van der Waals surface area (Å²) in [5, 5.41) is 22.2. The van der Waals surface area contributed by atoms with E-state index in [0.29, 0.717) is 6.42 Å². The fourth-order valence-electron chi connectivity index (χ4n) is 2.18. The fraction of sp³-hybridized carbons (Fsp3) is 0.357. The molecule has 2 rings (SSSR count). The summed E-state index contributed by atoms with van der Waals surface area (Å²) in [6.45, 7) is 0.277. The SMILES string of the molecule is N=C(C(N)=NCCC1(NS(N)=O)CC1)C(=Nc1ccc(F)c(Cl)c1)NO. The van der Waals surface area contributed by atoms with Crippen LogP contribution in [-0.4, -0.2) is 38.9 Å². The van der Waals surface area contributed by atoms with Gasteiger partial charge in [-0.05, 0) is 37.5 Å². The van der Waals surface area contributed by atoms with Crippen LogP contribution in [-0.2, 0) is 11.2 Å². The predicted molar refractivity (Wildman–Crippen MR) is 99.7 cm³/mol. The Balaban J connectivity index is 2.03. The van der Waals surface area contributed by atoms with E-state index in [0.717, 1.165) is 18.9 Å². The van der Waals surface area contributed by atoms with E-state index in [1.165, 1.54) is 12.1 Å². The zero-order valence-electron chi connectivity index (χ0n) is 13.6. The summed E-state index contributed by atoms with van der Waals surface area (Å²) in [5.41, 5.74) is 7.10. The summed E-state index contributed by atoms with van der Waals surface area (Å²) < 4.78 is 27.0. The fourth-order valence-corrected chi connectivity index (χ4v) is 3.09. The molecule has 1 saturated carbocycles. The Morgan fingerprint density at radius 1 is 1.50 bits per heavy atom. The molecule has 8 N–H and O–H groups in total. The van der Waals surface area contributed by atoms with Gasteiger partial charge in [-0.15, -0.1) is 0 Å². The average molecular weight is 404 g/mol. The lowest BCUT2D eigenvalue weighted by Gasteiger charge is -2.13. The highest BCUT2D eigenvalue weighted by Crippen LogP contribution is 2.38. The van der Waals surface area contributed by atoms with Gasteiger partial charge >= 0.3 is 0 Å². The van der Waals surface area contributed by atoms with Gasteiger partial charge in [0.15, 0.2) is 17.0 Å². The highest BCUT2D eigenvalue weighted by Gasteiger charge is 2.42. The van der Waals surface area contributed by atoms with E-state index >= 15 is 0 Å². The van der Waals surface area contributed by atoms with E-state index < -0.39 is 17.0 Å². The van der Waals surface area contributed by atoms with Crippen molar-refractivity contribution in [2.45, 2.75) is 24.8 Å². The molecule has 0 amide bonds. The second-order valence-corrected chi connectivity index (χ2v) is 6.95. The number of nitrogens with two attached hydrogens (primary N) is 2. The molecule has 1 aromatic rings. The van der Waals surface area contributed by atoms with Crippen molar-refractivity contribution in [2.24, 2.45) is 20.9 Å². The number of nitrogens with one attached hydrogen (secondary N) is 3. The Kier molecular flexibility index (Phi) is 6.78. The summed E-state index contributed by atoms with van der Waals surface area (Å²) in [7, 11) is 0. The highest BCUT2D eigenvalue weighted by molar-refractivity contribution is 7.80. The molecule has 26 heavy (non-hydrogen) atoms. The van der Waals surface area contributed by atoms with Crippen LogP contribution in [0.4, 0.5) is 10.1 Å². The third-order valence-electron chi connectivity index (χ3n) is 3.79. The lowest BCUT2D eigenvalue weighted by molar-refractivity contribution is 0.237. The Labute approximate surface area is 156 Å². The van der Waals surface area contributed by atoms with Gasteiger partial charge in [0.05, 0.1) is 10.7 Å². The van der Waals surface area contributed by atoms with Gasteiger partial charge in [0.1, 0.15) is 17.4 Å². The lowest BCUT2D eigenvalue weighted by atomic mass is 10.2. The van der Waals surface area contributed by atoms with Crippen molar-refractivity contribution >= 4 is 45.8 Å². The molecule has 9 nitrogen and oxygen atoms in total. The van der Waals surface area contributed by atoms with Gasteiger partial charge in [0.25, 0.3) is 0 Å². The molecule has 12 heteroatoms. The van der Waals surface area contributed by atoms with E-state index in [4.69, 9.17) is 27.9 Å². The van der Waals surface area contributed by atoms with E-state index in [1.807, 2.05) is 0 Å². The van der Waals surface area contributed by atoms with Crippen molar-refractivity contribution in [3.8, 4) is 0 Å². The van der Waals surface area contributed by atoms with Crippen LogP contribution in [0.3, 0.4) is 0 Å². The van der Waals surface area contributed by atoms with E-state index in [-0.39, 0.29) is 40.2 Å². The normalized spacial score (nSPS) is 17.7. The topological polar surface area (TPSA) is 162 Å². The first kappa shape index (κ1) is 20.4. The Bertz CT molecular complexity index is 783. The first-order valence-electron chi connectivity index (χ1n) is 7.53. The number of hydrogen-bond acceptors (Lipinski definition) is 5. The molecular formula is C14H19ClFN7O2S. The molecule has 0 heterocycles. The Morgan fingerprint density at radius 3 is 2.73 bits per heavy atom. The van der Waals surface area contributed by atoms with Crippen molar-refractivity contribution in [1.29, 1.82) is 5.41 Å². The summed E-state index contributed by atoms with van der Waals surface area (Å²) in [5.74, 6) is -1.03. The minimum Gasteiger partial charge on any atom is -0.382 e.